The van der Waals surface area contributed by atoms with Gasteiger partial charge in [0.05, 0.1) is 11.4 Å². The molecule has 1 aliphatic rings. The summed E-state index contributed by atoms with van der Waals surface area (Å²) in [4.78, 5) is 17.3. The Labute approximate surface area is 174 Å². The lowest BCUT2D eigenvalue weighted by Crippen LogP contribution is -2.44. The Morgan fingerprint density at radius 3 is 2.57 bits per heavy atom. The molecule has 1 aliphatic heterocycles. The van der Waals surface area contributed by atoms with Crippen molar-refractivity contribution in [3.63, 3.8) is 0 Å². The maximum atomic E-state index is 13.7. The number of nitrogens with one attached hydrogen (secondary N) is 1. The Morgan fingerprint density at radius 1 is 1.03 bits per heavy atom. The van der Waals surface area contributed by atoms with E-state index >= 15 is 0 Å². The molecule has 0 atom stereocenters. The van der Waals surface area contributed by atoms with Crippen LogP contribution in [0.4, 0.5) is 15.8 Å². The minimum absolute atomic E-state index is 0.0338. The summed E-state index contributed by atoms with van der Waals surface area (Å²) < 4.78 is 24.7. The van der Waals surface area contributed by atoms with E-state index < -0.39 is 5.82 Å². The van der Waals surface area contributed by atoms with Crippen LogP contribution in [0, 0.1) is 5.82 Å². The first-order chi connectivity index (χ1) is 14.6. The molecule has 2 aromatic carbocycles. The Morgan fingerprint density at radius 2 is 1.77 bits per heavy atom. The Kier molecular flexibility index (Phi) is 5.99. The van der Waals surface area contributed by atoms with Gasteiger partial charge in [0.1, 0.15) is 12.4 Å². The number of hydrogen-bond donors (Lipinski definition) is 1. The molecule has 7 heteroatoms. The number of para-hydroxylation sites is 3. The predicted molar refractivity (Wildman–Crippen MR) is 114 cm³/mol. The summed E-state index contributed by atoms with van der Waals surface area (Å²) in [6.07, 6.45) is 0. The van der Waals surface area contributed by atoms with E-state index in [0.717, 1.165) is 37.6 Å². The molecule has 0 unspecified atom stereocenters. The monoisotopic (exact) mass is 409 g/mol. The van der Waals surface area contributed by atoms with Crippen molar-refractivity contribution in [3.05, 3.63) is 78.0 Å². The third-order valence-corrected chi connectivity index (χ3v) is 5.09. The first-order valence-electron chi connectivity index (χ1n) is 9.90. The molecule has 1 fully saturated rings. The molecule has 1 saturated heterocycles. The fourth-order valence-corrected chi connectivity index (χ4v) is 3.37. The Bertz CT molecular complexity index is 1010. The number of rotatable bonds is 6. The van der Waals surface area contributed by atoms with Crippen LogP contribution >= 0.6 is 0 Å². The molecule has 1 amide bonds. The number of benzene rings is 2. The summed E-state index contributed by atoms with van der Waals surface area (Å²) in [6.45, 7) is 3.80. The maximum absolute atomic E-state index is 13.7. The average Bonchev–Trinajstić information content (AvgIpc) is 3.24. The summed E-state index contributed by atoms with van der Waals surface area (Å²) in [5, 5.41) is 2.94. The number of piperazine rings is 1. The predicted octanol–water partition coefficient (Wildman–Crippen LogP) is 4.00. The summed E-state index contributed by atoms with van der Waals surface area (Å²) in [7, 11) is 2.11. The molecule has 4 rings (SSSR count). The number of anilines is 2. The molecule has 2 heterocycles. The molecule has 6 nitrogen and oxygen atoms in total. The lowest BCUT2D eigenvalue weighted by atomic mass is 10.2. The van der Waals surface area contributed by atoms with Crippen LogP contribution in [0.25, 0.3) is 0 Å². The number of likely N-dealkylation sites (N-methyl/N-ethyl adjacent to an activating group) is 1. The lowest BCUT2D eigenvalue weighted by molar-refractivity contribution is 0.0992. The van der Waals surface area contributed by atoms with Gasteiger partial charge < -0.3 is 24.3 Å². The normalized spacial score (nSPS) is 14.5. The van der Waals surface area contributed by atoms with Crippen LogP contribution in [0.2, 0.25) is 0 Å². The number of furan rings is 1. The fourth-order valence-electron chi connectivity index (χ4n) is 3.37. The van der Waals surface area contributed by atoms with Gasteiger partial charge in [-0.2, -0.15) is 0 Å². The molecule has 30 heavy (non-hydrogen) atoms. The van der Waals surface area contributed by atoms with E-state index in [2.05, 4.69) is 22.2 Å². The molecule has 0 radical (unpaired) electrons. The minimum atomic E-state index is -0.442. The van der Waals surface area contributed by atoms with E-state index in [1.807, 2.05) is 24.3 Å². The van der Waals surface area contributed by atoms with Crippen molar-refractivity contribution in [3.8, 4) is 5.75 Å². The highest BCUT2D eigenvalue weighted by atomic mass is 19.1. The number of carbonyl (C=O) groups is 1. The van der Waals surface area contributed by atoms with Crippen LogP contribution in [0.15, 0.2) is 65.1 Å². The molecule has 1 aromatic heterocycles. The summed E-state index contributed by atoms with van der Waals surface area (Å²) in [6, 6.07) is 17.2. The van der Waals surface area contributed by atoms with Crippen LogP contribution in [0.3, 0.4) is 0 Å². The van der Waals surface area contributed by atoms with Gasteiger partial charge >= 0.3 is 0 Å². The van der Waals surface area contributed by atoms with Gasteiger partial charge in [-0.3, -0.25) is 4.79 Å². The van der Waals surface area contributed by atoms with Gasteiger partial charge in [0, 0.05) is 26.2 Å². The van der Waals surface area contributed by atoms with Crippen molar-refractivity contribution < 1.29 is 18.3 Å². The largest absolute Gasteiger partial charge is 0.483 e. The third kappa shape index (κ3) is 4.63. The van der Waals surface area contributed by atoms with Crippen LogP contribution in [0.1, 0.15) is 16.3 Å². The summed E-state index contributed by atoms with van der Waals surface area (Å²) in [5.74, 6) is -0.0247. The fraction of sp³-hybridized carbons (Fsp3) is 0.261. The number of carbonyl (C=O) groups excluding carboxylic acids is 1. The van der Waals surface area contributed by atoms with E-state index in [-0.39, 0.29) is 24.0 Å². The lowest BCUT2D eigenvalue weighted by Gasteiger charge is -2.35. The summed E-state index contributed by atoms with van der Waals surface area (Å²) >= 11 is 0. The number of nitrogens with zero attached hydrogens (tertiary/aromatic N) is 2. The van der Waals surface area contributed by atoms with Gasteiger partial charge in [0.25, 0.3) is 5.91 Å². The molecule has 0 saturated carbocycles. The van der Waals surface area contributed by atoms with E-state index in [4.69, 9.17) is 9.15 Å². The van der Waals surface area contributed by atoms with Crippen LogP contribution in [-0.4, -0.2) is 44.0 Å². The first-order valence-corrected chi connectivity index (χ1v) is 9.90. The molecular formula is C23H24FN3O3. The molecule has 0 spiro atoms. The number of halogens is 1. The van der Waals surface area contributed by atoms with Crippen molar-refractivity contribution in [2.45, 2.75) is 6.61 Å². The second kappa shape index (κ2) is 9.00. The van der Waals surface area contributed by atoms with Crippen molar-refractivity contribution in [2.75, 3.05) is 43.4 Å². The Hall–Kier alpha value is -3.32. The zero-order valence-electron chi connectivity index (χ0n) is 16.8. The quantitative estimate of drug-likeness (QED) is 0.667. The van der Waals surface area contributed by atoms with Crippen LogP contribution in [0.5, 0.6) is 5.75 Å². The maximum Gasteiger partial charge on any atom is 0.291 e. The van der Waals surface area contributed by atoms with E-state index in [1.54, 1.807) is 30.3 Å². The highest BCUT2D eigenvalue weighted by molar-refractivity contribution is 6.04. The number of hydrogen-bond acceptors (Lipinski definition) is 5. The zero-order chi connectivity index (χ0) is 20.9. The molecule has 1 N–H and O–H groups in total. The van der Waals surface area contributed by atoms with E-state index in [1.165, 1.54) is 6.07 Å². The highest BCUT2D eigenvalue weighted by Crippen LogP contribution is 2.27. The number of amides is 1. The molecular weight excluding hydrogens is 385 g/mol. The van der Waals surface area contributed by atoms with Crippen molar-refractivity contribution in [1.29, 1.82) is 0 Å². The van der Waals surface area contributed by atoms with Gasteiger partial charge in [-0.15, -0.1) is 0 Å². The van der Waals surface area contributed by atoms with Gasteiger partial charge in [0.15, 0.2) is 17.3 Å². The van der Waals surface area contributed by atoms with Crippen molar-refractivity contribution in [2.24, 2.45) is 0 Å². The zero-order valence-corrected chi connectivity index (χ0v) is 16.8. The molecule has 156 valence electrons. The average molecular weight is 409 g/mol. The molecule has 0 aliphatic carbocycles. The highest BCUT2D eigenvalue weighted by Gasteiger charge is 2.19. The Balaban J connectivity index is 1.41. The van der Waals surface area contributed by atoms with Crippen molar-refractivity contribution in [1.82, 2.24) is 4.90 Å². The second-order valence-electron chi connectivity index (χ2n) is 7.25. The smallest absolute Gasteiger partial charge is 0.291 e. The summed E-state index contributed by atoms with van der Waals surface area (Å²) in [5.41, 5.74) is 1.74. The third-order valence-electron chi connectivity index (χ3n) is 5.09. The molecule has 0 bridgehead atoms. The minimum Gasteiger partial charge on any atom is -0.483 e. The molecule has 3 aromatic rings. The van der Waals surface area contributed by atoms with E-state index in [9.17, 15) is 9.18 Å². The van der Waals surface area contributed by atoms with Crippen LogP contribution in [-0.2, 0) is 6.61 Å². The topological polar surface area (TPSA) is 58.0 Å². The van der Waals surface area contributed by atoms with Crippen molar-refractivity contribution >= 4 is 17.3 Å². The van der Waals surface area contributed by atoms with Gasteiger partial charge in [-0.1, -0.05) is 24.3 Å². The second-order valence-corrected chi connectivity index (χ2v) is 7.25. The standard InChI is InChI=1S/C23H24FN3O3/c1-26-12-14-27(15-13-26)20-8-4-3-7-19(20)25-23(28)22-11-10-17(30-22)16-29-21-9-5-2-6-18(21)24/h2-11H,12-16H2,1H3,(H,25,28). The van der Waals surface area contributed by atoms with Gasteiger partial charge in [-0.25, -0.2) is 4.39 Å². The number of ether oxygens (including phenoxy) is 1. The van der Waals surface area contributed by atoms with Gasteiger partial charge in [-0.05, 0) is 43.4 Å². The van der Waals surface area contributed by atoms with Crippen LogP contribution < -0.4 is 15.0 Å². The SMILES string of the molecule is CN1CCN(c2ccccc2NC(=O)c2ccc(COc3ccccc3F)o2)CC1. The first kappa shape index (κ1) is 20.0. The van der Waals surface area contributed by atoms with Gasteiger partial charge in [0.2, 0.25) is 0 Å². The van der Waals surface area contributed by atoms with E-state index in [0.29, 0.717) is 5.76 Å².